The second-order valence-corrected chi connectivity index (χ2v) is 4.10. The molecule has 1 aromatic rings. The average molecular weight is 241 g/mol. The Bertz CT molecular complexity index is 323. The molecule has 1 rings (SSSR count). The molecule has 0 aliphatic rings. The molecule has 3 nitrogen and oxygen atoms in total. The maximum absolute atomic E-state index is 12.9. The van der Waals surface area contributed by atoms with E-state index in [1.54, 1.807) is 12.1 Å². The van der Waals surface area contributed by atoms with Gasteiger partial charge in [0.05, 0.1) is 6.61 Å². The van der Waals surface area contributed by atoms with E-state index in [0.29, 0.717) is 26.2 Å². The first-order chi connectivity index (χ1) is 8.18. The van der Waals surface area contributed by atoms with Gasteiger partial charge in [-0.2, -0.15) is 0 Å². The Morgan fingerprint density at radius 1 is 1.35 bits per heavy atom. The molecule has 17 heavy (non-hydrogen) atoms. The summed E-state index contributed by atoms with van der Waals surface area (Å²) in [5.74, 6) is -0.289. The second-order valence-electron chi connectivity index (χ2n) is 4.10. The molecule has 1 unspecified atom stereocenters. The molecule has 0 fully saturated rings. The summed E-state index contributed by atoms with van der Waals surface area (Å²) in [6.07, 6.45) is 0.624. The van der Waals surface area contributed by atoms with Crippen LogP contribution in [0.5, 0.6) is 0 Å². The van der Waals surface area contributed by atoms with Gasteiger partial charge in [-0.3, -0.25) is 0 Å². The number of rotatable bonds is 7. The molecule has 0 aromatic heterocycles. The molecule has 0 aliphatic heterocycles. The molecule has 0 amide bonds. The third kappa shape index (κ3) is 3.49. The molecule has 0 bridgehead atoms. The van der Waals surface area contributed by atoms with Gasteiger partial charge in [0.15, 0.2) is 0 Å². The van der Waals surface area contributed by atoms with Crippen LogP contribution in [0.15, 0.2) is 24.3 Å². The third-order valence-corrected chi connectivity index (χ3v) is 3.08. The van der Waals surface area contributed by atoms with Crippen molar-refractivity contribution in [1.82, 2.24) is 0 Å². The van der Waals surface area contributed by atoms with Gasteiger partial charge in [-0.25, -0.2) is 4.39 Å². The molecule has 0 spiro atoms. The van der Waals surface area contributed by atoms with Crippen molar-refractivity contribution in [2.45, 2.75) is 18.8 Å². The third-order valence-electron chi connectivity index (χ3n) is 3.08. The zero-order valence-electron chi connectivity index (χ0n) is 10.2. The van der Waals surface area contributed by atoms with Gasteiger partial charge in [-0.15, -0.1) is 0 Å². The van der Waals surface area contributed by atoms with E-state index < -0.39 is 5.41 Å². The first-order valence-electron chi connectivity index (χ1n) is 5.83. The van der Waals surface area contributed by atoms with Gasteiger partial charge in [0.25, 0.3) is 0 Å². The van der Waals surface area contributed by atoms with Gasteiger partial charge in [-0.05, 0) is 31.0 Å². The molecule has 4 heteroatoms. The number of aliphatic hydroxyl groups is 1. The van der Waals surface area contributed by atoms with Crippen LogP contribution in [0.2, 0.25) is 0 Å². The van der Waals surface area contributed by atoms with Crippen LogP contribution < -0.4 is 5.73 Å². The van der Waals surface area contributed by atoms with E-state index in [1.807, 2.05) is 6.92 Å². The number of halogens is 1. The summed E-state index contributed by atoms with van der Waals surface area (Å²) in [4.78, 5) is 0. The van der Waals surface area contributed by atoms with Crippen molar-refractivity contribution in [3.63, 3.8) is 0 Å². The number of benzene rings is 1. The molecule has 0 saturated carbocycles. The van der Waals surface area contributed by atoms with E-state index in [9.17, 15) is 9.50 Å². The SMILES string of the molecule is CCOCCC(CN)(CO)c1ccc(F)cc1. The largest absolute Gasteiger partial charge is 0.395 e. The van der Waals surface area contributed by atoms with Crippen LogP contribution in [-0.2, 0) is 10.2 Å². The van der Waals surface area contributed by atoms with Crippen LogP contribution in [0.4, 0.5) is 4.39 Å². The Balaban J connectivity index is 2.85. The molecule has 3 N–H and O–H groups in total. The van der Waals surface area contributed by atoms with Crippen LogP contribution in [-0.4, -0.2) is 31.5 Å². The molecule has 96 valence electrons. The topological polar surface area (TPSA) is 55.5 Å². The summed E-state index contributed by atoms with van der Waals surface area (Å²) >= 11 is 0. The minimum absolute atomic E-state index is 0.0673. The highest BCUT2D eigenvalue weighted by molar-refractivity contribution is 5.26. The fourth-order valence-electron chi connectivity index (χ4n) is 1.81. The Morgan fingerprint density at radius 2 is 2.00 bits per heavy atom. The molecule has 0 heterocycles. The van der Waals surface area contributed by atoms with Gasteiger partial charge in [0, 0.05) is 25.2 Å². The van der Waals surface area contributed by atoms with Crippen molar-refractivity contribution in [3.8, 4) is 0 Å². The zero-order chi connectivity index (χ0) is 12.7. The molecular weight excluding hydrogens is 221 g/mol. The fraction of sp³-hybridized carbons (Fsp3) is 0.538. The monoisotopic (exact) mass is 241 g/mol. The van der Waals surface area contributed by atoms with Crippen molar-refractivity contribution < 1.29 is 14.2 Å². The van der Waals surface area contributed by atoms with Crippen LogP contribution in [0.25, 0.3) is 0 Å². The van der Waals surface area contributed by atoms with Crippen LogP contribution in [0.1, 0.15) is 18.9 Å². The minimum Gasteiger partial charge on any atom is -0.395 e. The van der Waals surface area contributed by atoms with Crippen LogP contribution in [0, 0.1) is 5.82 Å². The normalized spacial score (nSPS) is 14.6. The highest BCUT2D eigenvalue weighted by Gasteiger charge is 2.29. The number of aliphatic hydroxyl groups excluding tert-OH is 1. The predicted octanol–water partition coefficient (Wildman–Crippen LogP) is 1.44. The summed E-state index contributed by atoms with van der Waals surface area (Å²) in [7, 11) is 0. The smallest absolute Gasteiger partial charge is 0.123 e. The molecular formula is C13H20FNO2. The van der Waals surface area contributed by atoms with Crippen molar-refractivity contribution in [2.75, 3.05) is 26.4 Å². The Morgan fingerprint density at radius 3 is 2.47 bits per heavy atom. The van der Waals surface area contributed by atoms with E-state index >= 15 is 0 Å². The van der Waals surface area contributed by atoms with Crippen molar-refractivity contribution in [1.29, 1.82) is 0 Å². The van der Waals surface area contributed by atoms with Crippen molar-refractivity contribution in [3.05, 3.63) is 35.6 Å². The summed E-state index contributed by atoms with van der Waals surface area (Å²) < 4.78 is 18.2. The molecule has 0 aliphatic carbocycles. The Hall–Kier alpha value is -0.970. The van der Waals surface area contributed by atoms with Crippen molar-refractivity contribution in [2.24, 2.45) is 5.73 Å². The number of ether oxygens (including phenoxy) is 1. The van der Waals surface area contributed by atoms with Gasteiger partial charge in [0.1, 0.15) is 5.82 Å². The van der Waals surface area contributed by atoms with E-state index in [1.165, 1.54) is 12.1 Å². The van der Waals surface area contributed by atoms with Crippen LogP contribution >= 0.6 is 0 Å². The highest BCUT2D eigenvalue weighted by atomic mass is 19.1. The van der Waals surface area contributed by atoms with Crippen LogP contribution in [0.3, 0.4) is 0 Å². The molecule has 1 atom stereocenters. The lowest BCUT2D eigenvalue weighted by Crippen LogP contribution is -2.40. The van der Waals surface area contributed by atoms with Gasteiger partial charge in [-0.1, -0.05) is 12.1 Å². The second kappa shape index (κ2) is 6.69. The van der Waals surface area contributed by atoms with E-state index in [2.05, 4.69) is 0 Å². The van der Waals surface area contributed by atoms with E-state index in [4.69, 9.17) is 10.5 Å². The number of nitrogens with two attached hydrogens (primary N) is 1. The van der Waals surface area contributed by atoms with E-state index in [-0.39, 0.29) is 12.4 Å². The maximum atomic E-state index is 12.9. The molecule has 0 radical (unpaired) electrons. The van der Waals surface area contributed by atoms with Gasteiger partial charge >= 0.3 is 0 Å². The first-order valence-corrected chi connectivity index (χ1v) is 5.83. The number of hydrogen-bond donors (Lipinski definition) is 2. The Kier molecular flexibility index (Phi) is 5.55. The molecule has 0 saturated heterocycles. The first kappa shape index (κ1) is 14.1. The minimum atomic E-state index is -0.539. The fourth-order valence-corrected chi connectivity index (χ4v) is 1.81. The summed E-state index contributed by atoms with van der Waals surface area (Å²) in [5, 5.41) is 9.57. The average Bonchev–Trinajstić information content (AvgIpc) is 2.37. The maximum Gasteiger partial charge on any atom is 0.123 e. The summed E-state index contributed by atoms with van der Waals surface area (Å²) in [6, 6.07) is 6.11. The van der Waals surface area contributed by atoms with E-state index in [0.717, 1.165) is 5.56 Å². The number of hydrogen-bond acceptors (Lipinski definition) is 3. The van der Waals surface area contributed by atoms with Gasteiger partial charge in [0.2, 0.25) is 0 Å². The van der Waals surface area contributed by atoms with Crippen molar-refractivity contribution >= 4 is 0 Å². The van der Waals surface area contributed by atoms with Gasteiger partial charge < -0.3 is 15.6 Å². The quantitative estimate of drug-likeness (QED) is 0.710. The lowest BCUT2D eigenvalue weighted by atomic mass is 9.78. The highest BCUT2D eigenvalue weighted by Crippen LogP contribution is 2.27. The summed E-state index contributed by atoms with van der Waals surface area (Å²) in [6.45, 7) is 3.33. The lowest BCUT2D eigenvalue weighted by Gasteiger charge is -2.31. The predicted molar refractivity (Wildman–Crippen MR) is 65.3 cm³/mol. The molecule has 1 aromatic carbocycles. The summed E-state index contributed by atoms with van der Waals surface area (Å²) in [5.41, 5.74) is 6.07. The standard InChI is InChI=1S/C13H20FNO2/c1-2-17-8-7-13(9-15,10-16)11-3-5-12(14)6-4-11/h3-6,16H,2,7-10,15H2,1H3. The lowest BCUT2D eigenvalue weighted by molar-refractivity contribution is 0.103. The zero-order valence-corrected chi connectivity index (χ0v) is 10.2. The Labute approximate surface area is 101 Å².